The van der Waals surface area contributed by atoms with Crippen molar-refractivity contribution < 1.29 is 24.1 Å². The van der Waals surface area contributed by atoms with Crippen LogP contribution in [0.5, 0.6) is 28.7 Å². The van der Waals surface area contributed by atoms with Crippen molar-refractivity contribution in [1.82, 2.24) is 4.57 Å². The minimum absolute atomic E-state index is 0.0905. The number of pyridine rings is 1. The number of hydrogen-bond acceptors (Lipinski definition) is 6. The molecule has 1 aliphatic heterocycles. The molecular weight excluding hydrogens is 458 g/mol. The molecular formula is C29H27NO6. The van der Waals surface area contributed by atoms with Gasteiger partial charge in [0, 0.05) is 17.7 Å². The molecule has 0 spiro atoms. The van der Waals surface area contributed by atoms with Crippen molar-refractivity contribution >= 4 is 0 Å². The lowest BCUT2D eigenvalue weighted by molar-refractivity contribution is 0.354. The topological polar surface area (TPSA) is 79.2 Å². The van der Waals surface area contributed by atoms with E-state index in [4.69, 9.17) is 18.9 Å². The van der Waals surface area contributed by atoms with Gasteiger partial charge >= 0.3 is 0 Å². The lowest BCUT2D eigenvalue weighted by Crippen LogP contribution is -2.28. The number of hydrogen-bond donors (Lipinski definition) is 1. The van der Waals surface area contributed by atoms with Crippen LogP contribution in [0, 0.1) is 0 Å². The van der Waals surface area contributed by atoms with E-state index in [9.17, 15) is 9.90 Å². The first-order chi connectivity index (χ1) is 17.5. The Morgan fingerprint density at radius 3 is 2.03 bits per heavy atom. The van der Waals surface area contributed by atoms with Crippen molar-refractivity contribution in [3.8, 4) is 62.3 Å². The number of ether oxygens (including phenoxy) is 4. The highest BCUT2D eigenvalue weighted by Crippen LogP contribution is 2.48. The van der Waals surface area contributed by atoms with Crippen molar-refractivity contribution in [2.45, 2.75) is 13.0 Å². The Kier molecular flexibility index (Phi) is 6.06. The molecule has 2 heterocycles. The van der Waals surface area contributed by atoms with Gasteiger partial charge < -0.3 is 28.6 Å². The van der Waals surface area contributed by atoms with E-state index >= 15 is 0 Å². The SMILES string of the molecule is COc1ccc(-c2c(O)c(-c3ccccc3)c(=O)n3c2-c2cc(OC)c(OC)cc2CC3)cc1OC. The van der Waals surface area contributed by atoms with Crippen molar-refractivity contribution in [3.63, 3.8) is 0 Å². The molecule has 3 aromatic carbocycles. The molecule has 0 saturated carbocycles. The molecule has 0 radical (unpaired) electrons. The zero-order valence-electron chi connectivity index (χ0n) is 20.6. The first kappa shape index (κ1) is 23.4. The molecule has 0 bridgehead atoms. The highest BCUT2D eigenvalue weighted by Gasteiger charge is 2.30. The minimum Gasteiger partial charge on any atom is -0.506 e. The summed E-state index contributed by atoms with van der Waals surface area (Å²) >= 11 is 0. The molecule has 0 unspecified atom stereocenters. The highest BCUT2D eigenvalue weighted by molar-refractivity contribution is 5.93. The number of aromatic hydroxyl groups is 1. The summed E-state index contributed by atoms with van der Waals surface area (Å²) in [5, 5.41) is 11.7. The van der Waals surface area contributed by atoms with Crippen molar-refractivity contribution in [1.29, 1.82) is 0 Å². The first-order valence-electron chi connectivity index (χ1n) is 11.5. The molecule has 0 fully saturated rings. The summed E-state index contributed by atoms with van der Waals surface area (Å²) in [7, 11) is 6.31. The fraction of sp³-hybridized carbons (Fsp3) is 0.207. The van der Waals surface area contributed by atoms with Gasteiger partial charge in [0.1, 0.15) is 5.75 Å². The maximum absolute atomic E-state index is 13.8. The summed E-state index contributed by atoms with van der Waals surface area (Å²) in [6, 6.07) is 18.5. The van der Waals surface area contributed by atoms with Crippen LogP contribution < -0.4 is 24.5 Å². The molecule has 184 valence electrons. The zero-order chi connectivity index (χ0) is 25.4. The summed E-state index contributed by atoms with van der Waals surface area (Å²) in [4.78, 5) is 13.8. The Bertz CT molecular complexity index is 1510. The predicted octanol–water partition coefficient (Wildman–Crippen LogP) is 5.15. The largest absolute Gasteiger partial charge is 0.506 e. The van der Waals surface area contributed by atoms with E-state index in [1.165, 1.54) is 0 Å². The van der Waals surface area contributed by atoms with Gasteiger partial charge in [-0.2, -0.15) is 0 Å². The second-order valence-corrected chi connectivity index (χ2v) is 8.45. The zero-order valence-corrected chi connectivity index (χ0v) is 20.6. The molecule has 36 heavy (non-hydrogen) atoms. The van der Waals surface area contributed by atoms with Crippen LogP contribution in [-0.4, -0.2) is 38.1 Å². The number of fused-ring (bicyclic) bond motifs is 3. The smallest absolute Gasteiger partial charge is 0.262 e. The second kappa shape index (κ2) is 9.34. The number of benzene rings is 3. The predicted molar refractivity (Wildman–Crippen MR) is 139 cm³/mol. The number of aromatic nitrogens is 1. The van der Waals surface area contributed by atoms with Crippen LogP contribution in [0.15, 0.2) is 65.5 Å². The summed E-state index contributed by atoms with van der Waals surface area (Å²) in [5.74, 6) is 2.15. The third kappa shape index (κ3) is 3.64. The Labute approximate surface area is 209 Å². The van der Waals surface area contributed by atoms with Crippen LogP contribution in [-0.2, 0) is 13.0 Å². The Morgan fingerprint density at radius 1 is 0.722 bits per heavy atom. The third-order valence-electron chi connectivity index (χ3n) is 6.64. The van der Waals surface area contributed by atoms with Gasteiger partial charge in [0.05, 0.1) is 39.7 Å². The quantitative estimate of drug-likeness (QED) is 0.407. The molecule has 7 nitrogen and oxygen atoms in total. The molecule has 4 aromatic rings. The average molecular weight is 486 g/mol. The first-order valence-corrected chi connectivity index (χ1v) is 11.5. The molecule has 1 aliphatic rings. The van der Waals surface area contributed by atoms with Gasteiger partial charge in [-0.25, -0.2) is 0 Å². The van der Waals surface area contributed by atoms with Crippen LogP contribution in [0.2, 0.25) is 0 Å². The molecule has 0 aliphatic carbocycles. The van der Waals surface area contributed by atoms with Gasteiger partial charge in [-0.15, -0.1) is 0 Å². The summed E-state index contributed by atoms with van der Waals surface area (Å²) in [5.41, 5.74) is 4.29. The van der Waals surface area contributed by atoms with Gasteiger partial charge in [-0.3, -0.25) is 4.79 Å². The Morgan fingerprint density at radius 2 is 1.36 bits per heavy atom. The number of methoxy groups -OCH3 is 4. The third-order valence-corrected chi connectivity index (χ3v) is 6.64. The fourth-order valence-electron chi connectivity index (χ4n) is 4.91. The summed E-state index contributed by atoms with van der Waals surface area (Å²) < 4.78 is 23.8. The van der Waals surface area contributed by atoms with Crippen molar-refractivity contribution in [2.75, 3.05) is 28.4 Å². The monoisotopic (exact) mass is 485 g/mol. The van der Waals surface area contributed by atoms with Crippen LogP contribution in [0.4, 0.5) is 0 Å². The number of rotatable bonds is 6. The van der Waals surface area contributed by atoms with E-state index < -0.39 is 0 Å². The second-order valence-electron chi connectivity index (χ2n) is 8.45. The van der Waals surface area contributed by atoms with Crippen LogP contribution >= 0.6 is 0 Å². The minimum atomic E-state index is -0.252. The Balaban J connectivity index is 1.90. The number of aryl methyl sites for hydroxylation is 1. The lowest BCUT2D eigenvalue weighted by atomic mass is 9.88. The van der Waals surface area contributed by atoms with Crippen LogP contribution in [0.3, 0.4) is 0 Å². The van der Waals surface area contributed by atoms with E-state index in [2.05, 4.69) is 0 Å². The standard InChI is InChI=1S/C29H27NO6/c1-33-21-11-10-19(15-22(21)34-2)25-27-20-16-24(36-4)23(35-3)14-18(20)12-13-30(27)29(32)26(28(25)31)17-8-6-5-7-9-17/h5-11,14-16,31H,12-13H2,1-4H3. The lowest BCUT2D eigenvalue weighted by Gasteiger charge is -2.28. The van der Waals surface area contributed by atoms with E-state index in [0.717, 1.165) is 11.1 Å². The fourth-order valence-corrected chi connectivity index (χ4v) is 4.91. The summed E-state index contributed by atoms with van der Waals surface area (Å²) in [6.45, 7) is 0.455. The Hall–Kier alpha value is -4.39. The highest BCUT2D eigenvalue weighted by atomic mass is 16.5. The van der Waals surface area contributed by atoms with Gasteiger partial charge in [0.15, 0.2) is 23.0 Å². The average Bonchev–Trinajstić information content (AvgIpc) is 2.92. The molecule has 5 rings (SSSR count). The van der Waals surface area contributed by atoms with Gasteiger partial charge in [0.25, 0.3) is 5.56 Å². The molecule has 7 heteroatoms. The van der Waals surface area contributed by atoms with Gasteiger partial charge in [-0.1, -0.05) is 36.4 Å². The van der Waals surface area contributed by atoms with Gasteiger partial charge in [-0.05, 0) is 47.4 Å². The summed E-state index contributed by atoms with van der Waals surface area (Å²) in [6.07, 6.45) is 0.632. The van der Waals surface area contributed by atoms with Crippen LogP contribution in [0.1, 0.15) is 5.56 Å². The van der Waals surface area contributed by atoms with E-state index in [0.29, 0.717) is 58.3 Å². The molecule has 0 saturated heterocycles. The van der Waals surface area contributed by atoms with E-state index in [1.807, 2.05) is 54.6 Å². The van der Waals surface area contributed by atoms with E-state index in [1.54, 1.807) is 39.1 Å². The normalized spacial score (nSPS) is 11.9. The van der Waals surface area contributed by atoms with Crippen molar-refractivity contribution in [2.24, 2.45) is 0 Å². The molecule has 1 aromatic heterocycles. The molecule has 0 amide bonds. The van der Waals surface area contributed by atoms with Crippen LogP contribution in [0.25, 0.3) is 33.5 Å². The molecule has 0 atom stereocenters. The molecule has 1 N–H and O–H groups in total. The number of nitrogens with zero attached hydrogens (tertiary/aromatic N) is 1. The van der Waals surface area contributed by atoms with Gasteiger partial charge in [0.2, 0.25) is 0 Å². The maximum Gasteiger partial charge on any atom is 0.262 e. The van der Waals surface area contributed by atoms with E-state index in [-0.39, 0.29) is 16.9 Å². The van der Waals surface area contributed by atoms with Crippen molar-refractivity contribution in [3.05, 3.63) is 76.6 Å². The maximum atomic E-state index is 13.8.